The van der Waals surface area contributed by atoms with Gasteiger partial charge in [-0.2, -0.15) is 5.10 Å². The van der Waals surface area contributed by atoms with E-state index >= 15 is 0 Å². The molecule has 20 heavy (non-hydrogen) atoms. The highest BCUT2D eigenvalue weighted by atomic mass is 32.2. The summed E-state index contributed by atoms with van der Waals surface area (Å²) >= 11 is 0. The maximum atomic E-state index is 12.1. The van der Waals surface area contributed by atoms with Gasteiger partial charge in [-0.1, -0.05) is 0 Å². The molecular formula is C11H17N3O5S. The predicted octanol–water partition coefficient (Wildman–Crippen LogP) is -0.420. The summed E-state index contributed by atoms with van der Waals surface area (Å²) in [6.07, 6.45) is 3.16. The molecule has 1 aromatic heterocycles. The van der Waals surface area contributed by atoms with E-state index in [2.05, 4.69) is 9.82 Å². The molecular weight excluding hydrogens is 286 g/mol. The van der Waals surface area contributed by atoms with Gasteiger partial charge in [-0.05, 0) is 12.8 Å². The maximum Gasteiger partial charge on any atom is 0.311 e. The number of nitrogens with zero attached hydrogens (tertiary/aromatic N) is 2. The molecule has 2 rings (SSSR count). The first-order chi connectivity index (χ1) is 9.36. The van der Waals surface area contributed by atoms with Crippen LogP contribution >= 0.6 is 0 Å². The fourth-order valence-electron chi connectivity index (χ4n) is 2.08. The maximum absolute atomic E-state index is 12.1. The van der Waals surface area contributed by atoms with Gasteiger partial charge < -0.3 is 9.84 Å². The van der Waals surface area contributed by atoms with Crippen LogP contribution in [0.4, 0.5) is 0 Å². The van der Waals surface area contributed by atoms with E-state index in [0.717, 1.165) is 0 Å². The quantitative estimate of drug-likeness (QED) is 0.764. The normalized spacial score (nSPS) is 18.9. The van der Waals surface area contributed by atoms with Crippen LogP contribution in [0.25, 0.3) is 0 Å². The third-order valence-electron chi connectivity index (χ3n) is 3.50. The van der Waals surface area contributed by atoms with Crippen molar-refractivity contribution < 1.29 is 23.1 Å². The lowest BCUT2D eigenvalue weighted by molar-refractivity contribution is -0.154. The van der Waals surface area contributed by atoms with Crippen molar-refractivity contribution in [2.24, 2.45) is 12.5 Å². The summed E-state index contributed by atoms with van der Waals surface area (Å²) in [4.78, 5) is 11.4. The Hall–Kier alpha value is -1.45. The van der Waals surface area contributed by atoms with E-state index in [1.165, 1.54) is 17.1 Å². The van der Waals surface area contributed by atoms with Gasteiger partial charge in [0, 0.05) is 33.0 Å². The lowest BCUT2D eigenvalue weighted by atomic mass is 9.80. The topological polar surface area (TPSA) is 111 Å². The van der Waals surface area contributed by atoms with Gasteiger partial charge in [0.15, 0.2) is 0 Å². The third kappa shape index (κ3) is 3.00. The summed E-state index contributed by atoms with van der Waals surface area (Å²) in [5.41, 5.74) is -1.10. The minimum atomic E-state index is -3.75. The Morgan fingerprint density at radius 2 is 2.20 bits per heavy atom. The number of hydrogen-bond donors (Lipinski definition) is 2. The van der Waals surface area contributed by atoms with E-state index < -0.39 is 21.4 Å². The number of rotatable bonds is 5. The number of carboxylic acids is 1. The molecule has 0 unspecified atom stereocenters. The van der Waals surface area contributed by atoms with E-state index in [9.17, 15) is 18.3 Å². The molecule has 0 spiro atoms. The lowest BCUT2D eigenvalue weighted by Crippen LogP contribution is -2.46. The number of aliphatic carboxylic acids is 1. The average molecular weight is 303 g/mol. The zero-order valence-electron chi connectivity index (χ0n) is 11.1. The molecule has 1 fully saturated rings. The van der Waals surface area contributed by atoms with Gasteiger partial charge in [0.1, 0.15) is 4.90 Å². The van der Waals surface area contributed by atoms with Crippen LogP contribution in [0.15, 0.2) is 17.3 Å². The summed E-state index contributed by atoms with van der Waals surface area (Å²) < 4.78 is 33.0. The van der Waals surface area contributed by atoms with Crippen molar-refractivity contribution >= 4 is 16.0 Å². The summed E-state index contributed by atoms with van der Waals surface area (Å²) in [7, 11) is -2.14. The molecule has 1 aromatic rings. The predicted molar refractivity (Wildman–Crippen MR) is 68.5 cm³/mol. The molecule has 2 N–H and O–H groups in total. The Labute approximate surface area is 116 Å². The smallest absolute Gasteiger partial charge is 0.311 e. The van der Waals surface area contributed by atoms with Crippen molar-refractivity contribution in [2.75, 3.05) is 19.8 Å². The molecule has 2 heterocycles. The first-order valence-electron chi connectivity index (χ1n) is 6.15. The summed E-state index contributed by atoms with van der Waals surface area (Å²) in [6.45, 7) is 0.491. The van der Waals surface area contributed by atoms with Gasteiger partial charge in [0.25, 0.3) is 0 Å². The third-order valence-corrected chi connectivity index (χ3v) is 4.85. The number of hydrogen-bond acceptors (Lipinski definition) is 5. The second-order valence-corrected chi connectivity index (χ2v) is 6.64. The number of sulfonamides is 1. The molecule has 0 atom stereocenters. The van der Waals surface area contributed by atoms with E-state index in [1.807, 2.05) is 0 Å². The van der Waals surface area contributed by atoms with Gasteiger partial charge in [-0.25, -0.2) is 13.1 Å². The summed E-state index contributed by atoms with van der Waals surface area (Å²) in [5, 5.41) is 13.1. The molecule has 1 saturated heterocycles. The molecule has 0 bridgehead atoms. The highest BCUT2D eigenvalue weighted by Crippen LogP contribution is 2.30. The van der Waals surface area contributed by atoms with E-state index in [1.54, 1.807) is 7.05 Å². The van der Waals surface area contributed by atoms with Crippen LogP contribution < -0.4 is 4.72 Å². The Balaban J connectivity index is 2.11. The Morgan fingerprint density at radius 3 is 2.70 bits per heavy atom. The van der Waals surface area contributed by atoms with Crippen LogP contribution in [0.2, 0.25) is 0 Å². The van der Waals surface area contributed by atoms with Crippen molar-refractivity contribution in [3.63, 3.8) is 0 Å². The highest BCUT2D eigenvalue weighted by molar-refractivity contribution is 7.89. The Kier molecular flexibility index (Phi) is 4.11. The van der Waals surface area contributed by atoms with Crippen LogP contribution in [0.3, 0.4) is 0 Å². The van der Waals surface area contributed by atoms with Crippen molar-refractivity contribution in [3.05, 3.63) is 12.4 Å². The largest absolute Gasteiger partial charge is 0.481 e. The minimum absolute atomic E-state index is 0.0209. The number of ether oxygens (including phenoxy) is 1. The standard InChI is InChI=1S/C11H17N3O5S/c1-14-7-9(6-12-14)20(17,18)13-8-11(10(15)16)2-4-19-5-3-11/h6-7,13H,2-5,8H2,1H3,(H,15,16). The molecule has 8 nitrogen and oxygen atoms in total. The molecule has 9 heteroatoms. The zero-order chi connectivity index (χ0) is 14.8. The van der Waals surface area contributed by atoms with Crippen molar-refractivity contribution in [2.45, 2.75) is 17.7 Å². The molecule has 0 aliphatic carbocycles. The molecule has 0 aromatic carbocycles. The number of carboxylic acid groups (broad SMARTS) is 1. The van der Waals surface area contributed by atoms with Gasteiger partial charge in [0.2, 0.25) is 10.0 Å². The molecule has 0 radical (unpaired) electrons. The van der Waals surface area contributed by atoms with Gasteiger partial charge >= 0.3 is 5.97 Å². The first-order valence-corrected chi connectivity index (χ1v) is 7.64. The van der Waals surface area contributed by atoms with E-state index in [4.69, 9.17) is 4.74 Å². The monoisotopic (exact) mass is 303 g/mol. The summed E-state index contributed by atoms with van der Waals surface area (Å²) in [6, 6.07) is 0. The van der Waals surface area contributed by atoms with Gasteiger partial charge in [-0.15, -0.1) is 0 Å². The van der Waals surface area contributed by atoms with E-state index in [0.29, 0.717) is 13.2 Å². The van der Waals surface area contributed by atoms with Crippen molar-refractivity contribution in [3.8, 4) is 0 Å². The van der Waals surface area contributed by atoms with Gasteiger partial charge in [0.05, 0.1) is 11.6 Å². The number of aryl methyl sites for hydroxylation is 1. The van der Waals surface area contributed by atoms with Crippen LogP contribution in [0.5, 0.6) is 0 Å². The highest BCUT2D eigenvalue weighted by Gasteiger charge is 2.41. The second kappa shape index (κ2) is 5.51. The first kappa shape index (κ1) is 14.9. The Bertz CT molecular complexity index is 589. The van der Waals surface area contributed by atoms with Crippen LogP contribution in [0, 0.1) is 5.41 Å². The number of carbonyl (C=O) groups is 1. The SMILES string of the molecule is Cn1cc(S(=O)(=O)NCC2(C(=O)O)CCOCC2)cn1. The fraction of sp³-hybridized carbons (Fsp3) is 0.636. The molecule has 1 aliphatic heterocycles. The Morgan fingerprint density at radius 1 is 1.55 bits per heavy atom. The summed E-state index contributed by atoms with van der Waals surface area (Å²) in [5.74, 6) is -1.00. The van der Waals surface area contributed by atoms with Crippen LogP contribution in [0.1, 0.15) is 12.8 Å². The molecule has 1 aliphatic rings. The number of aromatic nitrogens is 2. The van der Waals surface area contributed by atoms with Crippen LogP contribution in [-0.4, -0.2) is 49.0 Å². The molecule has 112 valence electrons. The molecule has 0 amide bonds. The van der Waals surface area contributed by atoms with Gasteiger partial charge in [-0.3, -0.25) is 9.48 Å². The van der Waals surface area contributed by atoms with Crippen molar-refractivity contribution in [1.29, 1.82) is 0 Å². The average Bonchev–Trinajstić information content (AvgIpc) is 2.85. The van der Waals surface area contributed by atoms with Crippen molar-refractivity contribution in [1.82, 2.24) is 14.5 Å². The second-order valence-electron chi connectivity index (χ2n) is 4.87. The number of nitrogens with one attached hydrogen (secondary N) is 1. The lowest BCUT2D eigenvalue weighted by Gasteiger charge is -2.32. The fourth-order valence-corrected chi connectivity index (χ4v) is 3.19. The van der Waals surface area contributed by atoms with Crippen LogP contribution in [-0.2, 0) is 26.6 Å². The van der Waals surface area contributed by atoms with E-state index in [-0.39, 0.29) is 24.3 Å². The zero-order valence-corrected chi connectivity index (χ0v) is 11.9. The minimum Gasteiger partial charge on any atom is -0.481 e. The molecule has 0 saturated carbocycles.